The number of fused-ring (bicyclic) bond motifs is 1. The minimum absolute atomic E-state index is 0.227. The second kappa shape index (κ2) is 15.6. The Hall–Kier alpha value is -3.78. The highest BCUT2D eigenvalue weighted by Gasteiger charge is 2.51. The summed E-state index contributed by atoms with van der Waals surface area (Å²) in [6.45, 7) is 15.3. The van der Waals surface area contributed by atoms with Crippen molar-refractivity contribution >= 4 is 35.2 Å². The van der Waals surface area contributed by atoms with Gasteiger partial charge in [0.1, 0.15) is 12.2 Å². The molecule has 2 fully saturated rings. The zero-order valence-electron chi connectivity index (χ0n) is 32.8. The molecule has 2 saturated heterocycles. The Labute approximate surface area is 328 Å². The Morgan fingerprint density at radius 2 is 1.33 bits per heavy atom. The summed E-state index contributed by atoms with van der Waals surface area (Å²) in [4.78, 5) is 7.67. The molecule has 3 heterocycles. The van der Waals surface area contributed by atoms with Crippen LogP contribution in [0.3, 0.4) is 0 Å². The van der Waals surface area contributed by atoms with Crippen molar-refractivity contribution in [1.29, 1.82) is 0 Å². The maximum atomic E-state index is 10.2. The largest absolute Gasteiger partial charge is 0.494 e. The van der Waals surface area contributed by atoms with Crippen LogP contribution in [-0.2, 0) is 25.2 Å². The lowest BCUT2D eigenvalue weighted by molar-refractivity contribution is -0.131. The van der Waals surface area contributed by atoms with Crippen LogP contribution in [-0.4, -0.2) is 80.2 Å². The molecule has 2 aliphatic heterocycles. The maximum absolute atomic E-state index is 10.2. The van der Waals surface area contributed by atoms with Crippen molar-refractivity contribution < 1.29 is 39.2 Å². The molecule has 5 N–H and O–H groups in total. The highest BCUT2D eigenvalue weighted by Crippen LogP contribution is 2.37. The predicted molar refractivity (Wildman–Crippen MR) is 216 cm³/mol. The summed E-state index contributed by atoms with van der Waals surface area (Å²) in [6.07, 6.45) is -1.40. The number of rotatable bonds is 8. The van der Waals surface area contributed by atoms with Gasteiger partial charge in [-0.3, -0.25) is 0 Å². The third-order valence-corrected chi connectivity index (χ3v) is 11.0. The molecule has 4 aromatic carbocycles. The molecule has 0 radical (unpaired) electrons. The van der Waals surface area contributed by atoms with Gasteiger partial charge in [-0.15, -0.1) is 0 Å². The van der Waals surface area contributed by atoms with E-state index in [2.05, 4.69) is 9.97 Å². The molecule has 7 rings (SSSR count). The van der Waals surface area contributed by atoms with Crippen LogP contribution in [0.2, 0.25) is 5.02 Å². The van der Waals surface area contributed by atoms with E-state index in [9.17, 15) is 20.4 Å². The van der Waals surface area contributed by atoms with Crippen molar-refractivity contribution in [3.63, 3.8) is 0 Å². The summed E-state index contributed by atoms with van der Waals surface area (Å²) in [5.74, 6) is 0. The van der Waals surface area contributed by atoms with Crippen LogP contribution in [0.4, 0.5) is 0 Å². The Morgan fingerprint density at radius 3 is 1.84 bits per heavy atom. The molecule has 1 aromatic heterocycles. The molecule has 3 atom stereocenters. The van der Waals surface area contributed by atoms with E-state index in [1.165, 1.54) is 0 Å². The Morgan fingerprint density at radius 1 is 0.818 bits per heavy atom. The van der Waals surface area contributed by atoms with Crippen LogP contribution >= 0.6 is 11.6 Å². The first kappa shape index (κ1) is 40.9. The minimum atomic E-state index is -0.872. The third kappa shape index (κ3) is 9.27. The Balaban J connectivity index is 0.000000228. The van der Waals surface area contributed by atoms with Crippen LogP contribution in [0.25, 0.3) is 33.3 Å². The molecular formula is C43H52BClN2O8. The van der Waals surface area contributed by atoms with Crippen molar-refractivity contribution in [2.45, 2.75) is 103 Å². The van der Waals surface area contributed by atoms with Gasteiger partial charge in [0.2, 0.25) is 0 Å². The monoisotopic (exact) mass is 770 g/mol. The number of hydrogen-bond donors (Lipinski definition) is 5. The van der Waals surface area contributed by atoms with Gasteiger partial charge in [-0.1, -0.05) is 84.4 Å². The van der Waals surface area contributed by atoms with Gasteiger partial charge in [0, 0.05) is 12.0 Å². The highest BCUT2D eigenvalue weighted by atomic mass is 35.5. The van der Waals surface area contributed by atoms with Gasteiger partial charge >= 0.3 is 7.12 Å². The van der Waals surface area contributed by atoms with Gasteiger partial charge in [0.15, 0.2) is 0 Å². The number of H-pyrrole nitrogens is 1. The van der Waals surface area contributed by atoms with Crippen molar-refractivity contribution in [2.24, 2.45) is 0 Å². The minimum Gasteiger partial charge on any atom is -0.459 e. The normalized spacial score (nSPS) is 21.0. The van der Waals surface area contributed by atoms with Gasteiger partial charge in [-0.2, -0.15) is 4.98 Å². The van der Waals surface area contributed by atoms with Gasteiger partial charge in [-0.05, 0) is 101 Å². The number of nitrogens with zero attached hydrogens (tertiary/aromatic N) is 1. The molecule has 0 spiro atoms. The van der Waals surface area contributed by atoms with E-state index in [0.29, 0.717) is 23.0 Å². The quantitative estimate of drug-likeness (QED) is 0.107. The molecule has 0 bridgehead atoms. The SMILES string of the molecule is CC(C)(O)c1ccc(-c2ccc(-c3cc4nc(O[C@H]5CO[C@H](CO)C(O)C5)[nH]c4cc3Cl)cc2)cc1.CC(C)(O)c1ccc(B2OC(C)(C)C(C)(C)O2)cc1. The maximum Gasteiger partial charge on any atom is 0.494 e. The number of aliphatic hydroxyl groups is 4. The fourth-order valence-electron chi connectivity index (χ4n) is 6.47. The lowest BCUT2D eigenvalue weighted by Gasteiger charge is -2.32. The number of halogens is 1. The topological polar surface area (TPSA) is 147 Å². The van der Waals surface area contributed by atoms with Crippen LogP contribution in [0.1, 0.15) is 72.9 Å². The summed E-state index contributed by atoms with van der Waals surface area (Å²) >= 11 is 6.62. The smallest absolute Gasteiger partial charge is 0.459 e. The average molecular weight is 771 g/mol. The van der Waals surface area contributed by atoms with E-state index in [0.717, 1.165) is 44.4 Å². The molecule has 55 heavy (non-hydrogen) atoms. The van der Waals surface area contributed by atoms with E-state index < -0.39 is 23.4 Å². The Kier molecular flexibility index (Phi) is 11.6. The number of aromatic nitrogens is 2. The van der Waals surface area contributed by atoms with Crippen molar-refractivity contribution in [1.82, 2.24) is 9.97 Å². The highest BCUT2D eigenvalue weighted by molar-refractivity contribution is 6.62. The first-order chi connectivity index (χ1) is 25.7. The van der Waals surface area contributed by atoms with E-state index in [1.807, 2.05) is 113 Å². The standard InChI is InChI=1S/C28H29ClN2O5.C15H23BO3/c1-28(2,34)19-9-7-17(8-10-19)16-3-5-18(6-4-16)21-12-23-24(13-22(21)29)31-27(30-23)36-20-11-25(33)26(14-32)35-15-20;1-13(2,17)11-7-9-12(10-8-11)16-18-14(3,4)15(5,6)19-16/h3-10,12-13,20,25-26,32-34H,11,14-15H2,1-2H3,(H,30,31);7-10,17H,1-6H3/t20-,25?,26-;/m1./s1. The van der Waals surface area contributed by atoms with Gasteiger partial charge in [0.05, 0.1) is 57.8 Å². The number of benzene rings is 4. The van der Waals surface area contributed by atoms with Gasteiger partial charge in [0.25, 0.3) is 6.01 Å². The van der Waals surface area contributed by atoms with Crippen molar-refractivity contribution in [3.05, 3.63) is 101 Å². The van der Waals surface area contributed by atoms with Crippen LogP contribution in [0, 0.1) is 0 Å². The summed E-state index contributed by atoms with van der Waals surface area (Å²) in [5, 5.41) is 40.0. The van der Waals surface area contributed by atoms with Crippen LogP contribution in [0.5, 0.6) is 6.01 Å². The zero-order chi connectivity index (χ0) is 39.9. The molecule has 0 aliphatic carbocycles. The third-order valence-electron chi connectivity index (χ3n) is 10.7. The number of imidazole rings is 1. The first-order valence-corrected chi connectivity index (χ1v) is 19.0. The molecule has 1 unspecified atom stereocenters. The molecule has 0 saturated carbocycles. The van der Waals surface area contributed by atoms with E-state index >= 15 is 0 Å². The number of aliphatic hydroxyl groups excluding tert-OH is 2. The van der Waals surface area contributed by atoms with Crippen molar-refractivity contribution in [2.75, 3.05) is 13.2 Å². The lowest BCUT2D eigenvalue weighted by atomic mass is 9.78. The lowest BCUT2D eigenvalue weighted by Crippen LogP contribution is -2.45. The average Bonchev–Trinajstić information content (AvgIpc) is 3.61. The fourth-order valence-corrected chi connectivity index (χ4v) is 6.74. The van der Waals surface area contributed by atoms with Gasteiger partial charge < -0.3 is 44.2 Å². The van der Waals surface area contributed by atoms with Crippen LogP contribution < -0.4 is 10.2 Å². The van der Waals surface area contributed by atoms with Crippen molar-refractivity contribution in [3.8, 4) is 28.3 Å². The van der Waals surface area contributed by atoms with E-state index in [-0.39, 0.29) is 37.6 Å². The molecule has 0 amide bonds. The molecule has 10 nitrogen and oxygen atoms in total. The number of nitrogens with one attached hydrogen (secondary N) is 1. The fraction of sp³-hybridized carbons (Fsp3) is 0.419. The second-order valence-corrected chi connectivity index (χ2v) is 16.9. The number of aromatic amines is 1. The summed E-state index contributed by atoms with van der Waals surface area (Å²) in [6, 6.07) is 27.8. The molecule has 5 aromatic rings. The molecule has 2 aliphatic rings. The second-order valence-electron chi connectivity index (χ2n) is 16.5. The number of ether oxygens (including phenoxy) is 2. The molecule has 292 valence electrons. The summed E-state index contributed by atoms with van der Waals surface area (Å²) in [5.41, 5.74) is 5.77. The Bertz CT molecular complexity index is 2050. The zero-order valence-corrected chi connectivity index (χ0v) is 33.5. The predicted octanol–water partition coefficient (Wildman–Crippen LogP) is 6.88. The van der Waals surface area contributed by atoms with E-state index in [1.54, 1.807) is 27.7 Å². The first-order valence-electron chi connectivity index (χ1n) is 18.6. The number of hydrogen-bond acceptors (Lipinski definition) is 9. The van der Waals surface area contributed by atoms with Gasteiger partial charge in [-0.25, -0.2) is 0 Å². The molecular weight excluding hydrogens is 719 g/mol. The summed E-state index contributed by atoms with van der Waals surface area (Å²) < 4.78 is 23.3. The molecule has 12 heteroatoms. The summed E-state index contributed by atoms with van der Waals surface area (Å²) in [7, 11) is -0.346. The van der Waals surface area contributed by atoms with E-state index in [4.69, 9.17) is 30.4 Å². The van der Waals surface area contributed by atoms with Crippen LogP contribution in [0.15, 0.2) is 84.9 Å².